The molecule has 3 rings (SSSR count). The Balaban J connectivity index is 1.59. The summed E-state index contributed by atoms with van der Waals surface area (Å²) < 4.78 is 17.2. The molecule has 0 saturated heterocycles. The maximum atomic E-state index is 12.3. The average Bonchev–Trinajstić information content (AvgIpc) is 2.81. The summed E-state index contributed by atoms with van der Waals surface area (Å²) in [6, 6.07) is 18.4. The summed E-state index contributed by atoms with van der Waals surface area (Å²) in [6.07, 6.45) is 0.699. The van der Waals surface area contributed by atoms with Gasteiger partial charge in [0.25, 0.3) is 5.91 Å². The quantitative estimate of drug-likeness (QED) is 0.186. The molecular weight excluding hydrogens is 512 g/mol. The number of nitrogens with one attached hydrogen (secondary N) is 1. The Morgan fingerprint density at radius 1 is 1.03 bits per heavy atom. The van der Waals surface area contributed by atoms with E-state index < -0.39 is 18.0 Å². The lowest BCUT2D eigenvalue weighted by molar-refractivity contribution is -0.127. The van der Waals surface area contributed by atoms with E-state index in [-0.39, 0.29) is 5.75 Å². The summed E-state index contributed by atoms with van der Waals surface area (Å²) in [6.45, 7) is 1.62. The summed E-state index contributed by atoms with van der Waals surface area (Å²) in [5.74, 6) is 0.195. The number of hydrogen-bond donors (Lipinski definition) is 1. The number of amides is 1. The lowest BCUT2D eigenvalue weighted by Gasteiger charge is -2.13. The molecule has 1 atom stereocenters. The number of esters is 1. The van der Waals surface area contributed by atoms with Crippen LogP contribution in [0.25, 0.3) is 0 Å². The molecule has 0 saturated carbocycles. The molecule has 7 nitrogen and oxygen atoms in total. The number of ether oxygens (including phenoxy) is 3. The predicted octanol–water partition coefficient (Wildman–Crippen LogP) is 5.25. The second-order valence-corrected chi connectivity index (χ2v) is 8.11. The van der Waals surface area contributed by atoms with Crippen LogP contribution >= 0.6 is 27.5 Å². The van der Waals surface area contributed by atoms with Gasteiger partial charge in [-0.1, -0.05) is 27.5 Å². The van der Waals surface area contributed by atoms with Gasteiger partial charge in [-0.3, -0.25) is 4.79 Å². The van der Waals surface area contributed by atoms with Gasteiger partial charge in [-0.15, -0.1) is 0 Å². The summed E-state index contributed by atoms with van der Waals surface area (Å²) in [4.78, 5) is 24.5. The van der Waals surface area contributed by atoms with Gasteiger partial charge in [0, 0.05) is 9.50 Å². The van der Waals surface area contributed by atoms with Gasteiger partial charge in [0.1, 0.15) is 5.75 Å². The number of rotatable bonds is 8. The van der Waals surface area contributed by atoms with Crippen LogP contribution in [0.3, 0.4) is 0 Å². The summed E-state index contributed by atoms with van der Waals surface area (Å²) >= 11 is 9.19. The zero-order chi connectivity index (χ0) is 23.8. The van der Waals surface area contributed by atoms with E-state index in [2.05, 4.69) is 26.5 Å². The van der Waals surface area contributed by atoms with E-state index in [1.54, 1.807) is 61.5 Å². The van der Waals surface area contributed by atoms with Crippen LogP contribution in [0.4, 0.5) is 0 Å². The van der Waals surface area contributed by atoms with E-state index in [4.69, 9.17) is 25.8 Å². The Hall–Kier alpha value is -3.36. The van der Waals surface area contributed by atoms with Crippen LogP contribution < -0.4 is 19.6 Å². The molecule has 0 radical (unpaired) electrons. The first kappa shape index (κ1) is 24.3. The molecule has 0 aliphatic rings. The molecule has 0 fully saturated rings. The van der Waals surface area contributed by atoms with Gasteiger partial charge < -0.3 is 14.2 Å². The first-order chi connectivity index (χ1) is 15.9. The second kappa shape index (κ2) is 11.5. The third kappa shape index (κ3) is 7.06. The zero-order valence-corrected chi connectivity index (χ0v) is 20.1. The molecule has 33 heavy (non-hydrogen) atoms. The molecule has 0 unspecified atom stereocenters. The molecule has 0 heterocycles. The van der Waals surface area contributed by atoms with Crippen LogP contribution in [-0.4, -0.2) is 31.3 Å². The Kier molecular flexibility index (Phi) is 8.46. The van der Waals surface area contributed by atoms with Gasteiger partial charge in [-0.2, -0.15) is 5.10 Å². The number of halogens is 2. The highest BCUT2D eigenvalue weighted by molar-refractivity contribution is 9.10. The lowest BCUT2D eigenvalue weighted by Crippen LogP contribution is -2.33. The van der Waals surface area contributed by atoms with E-state index in [1.807, 2.05) is 12.1 Å². The molecule has 0 aliphatic heterocycles. The van der Waals surface area contributed by atoms with Crippen LogP contribution in [0.15, 0.2) is 76.3 Å². The Morgan fingerprint density at radius 2 is 1.73 bits per heavy atom. The highest BCUT2D eigenvalue weighted by atomic mass is 79.9. The van der Waals surface area contributed by atoms with Gasteiger partial charge >= 0.3 is 5.97 Å². The summed E-state index contributed by atoms with van der Waals surface area (Å²) in [5.41, 5.74) is 3.41. The van der Waals surface area contributed by atoms with Crippen molar-refractivity contribution < 1.29 is 23.8 Å². The number of benzene rings is 3. The van der Waals surface area contributed by atoms with Gasteiger partial charge in [0.2, 0.25) is 0 Å². The molecule has 0 aliphatic carbocycles. The molecule has 1 N–H and O–H groups in total. The van der Waals surface area contributed by atoms with Crippen molar-refractivity contribution in [3.63, 3.8) is 0 Å². The van der Waals surface area contributed by atoms with Gasteiger partial charge in [-0.25, -0.2) is 10.2 Å². The van der Waals surface area contributed by atoms with Crippen molar-refractivity contribution >= 4 is 45.6 Å². The van der Waals surface area contributed by atoms with Crippen molar-refractivity contribution in [1.29, 1.82) is 0 Å². The minimum atomic E-state index is -0.743. The fraction of sp³-hybridized carbons (Fsp3) is 0.125. The largest absolute Gasteiger partial charge is 0.493 e. The number of nitrogens with zero attached hydrogens (tertiary/aromatic N) is 1. The Labute approximate surface area is 204 Å². The maximum absolute atomic E-state index is 12.3. The highest BCUT2D eigenvalue weighted by Gasteiger charge is 2.15. The van der Waals surface area contributed by atoms with Gasteiger partial charge in [0.05, 0.1) is 18.9 Å². The number of carbonyl (C=O) groups is 2. The number of hydrogen-bond acceptors (Lipinski definition) is 6. The molecule has 1 amide bonds. The molecular formula is C24H20BrClN2O5. The first-order valence-electron chi connectivity index (χ1n) is 9.76. The number of methoxy groups -OCH3 is 1. The van der Waals surface area contributed by atoms with E-state index >= 15 is 0 Å². The van der Waals surface area contributed by atoms with E-state index in [9.17, 15) is 9.59 Å². The van der Waals surface area contributed by atoms with Crippen molar-refractivity contribution in [3.8, 4) is 17.2 Å². The van der Waals surface area contributed by atoms with Crippen molar-refractivity contribution in [1.82, 2.24) is 5.43 Å². The zero-order valence-electron chi connectivity index (χ0n) is 17.7. The van der Waals surface area contributed by atoms with E-state index in [1.165, 1.54) is 13.3 Å². The van der Waals surface area contributed by atoms with Crippen molar-refractivity contribution in [2.24, 2.45) is 5.10 Å². The average molecular weight is 532 g/mol. The highest BCUT2D eigenvalue weighted by Crippen LogP contribution is 2.28. The molecule has 0 aromatic heterocycles. The van der Waals surface area contributed by atoms with Crippen LogP contribution in [0, 0.1) is 0 Å². The van der Waals surface area contributed by atoms with E-state index in [0.29, 0.717) is 27.6 Å². The Morgan fingerprint density at radius 3 is 2.39 bits per heavy atom. The fourth-order valence-electron chi connectivity index (χ4n) is 2.63. The Bertz CT molecular complexity index is 1150. The number of carbonyl (C=O) groups excluding carboxylic acids is 2. The first-order valence-corrected chi connectivity index (χ1v) is 10.9. The minimum absolute atomic E-state index is 0.246. The van der Waals surface area contributed by atoms with Crippen LogP contribution in [0.5, 0.6) is 17.2 Å². The van der Waals surface area contributed by atoms with Crippen molar-refractivity contribution in [2.45, 2.75) is 13.0 Å². The molecule has 3 aromatic carbocycles. The van der Waals surface area contributed by atoms with Crippen LogP contribution in [0.1, 0.15) is 22.8 Å². The fourth-order valence-corrected chi connectivity index (χ4v) is 3.02. The van der Waals surface area contributed by atoms with Crippen LogP contribution in [0.2, 0.25) is 5.02 Å². The van der Waals surface area contributed by atoms with Gasteiger partial charge in [-0.05, 0) is 79.2 Å². The topological polar surface area (TPSA) is 86.2 Å². The van der Waals surface area contributed by atoms with Crippen molar-refractivity contribution in [2.75, 3.05) is 7.11 Å². The van der Waals surface area contributed by atoms with Gasteiger partial charge in [0.15, 0.2) is 17.6 Å². The van der Waals surface area contributed by atoms with Crippen LogP contribution in [-0.2, 0) is 4.79 Å². The molecule has 170 valence electrons. The summed E-state index contributed by atoms with van der Waals surface area (Å²) in [5, 5.41) is 4.47. The maximum Gasteiger partial charge on any atom is 0.343 e. The third-order valence-electron chi connectivity index (χ3n) is 4.35. The molecule has 0 bridgehead atoms. The minimum Gasteiger partial charge on any atom is -0.493 e. The third-order valence-corrected chi connectivity index (χ3v) is 5.13. The SMILES string of the molecule is COc1cc(/C=N\NC(=O)[C@@H](C)Oc2ccc(Br)cc2)ccc1OC(=O)c1ccc(Cl)cc1. The predicted molar refractivity (Wildman–Crippen MR) is 129 cm³/mol. The second-order valence-electron chi connectivity index (χ2n) is 6.75. The van der Waals surface area contributed by atoms with Crippen molar-refractivity contribution in [3.05, 3.63) is 87.4 Å². The molecule has 0 spiro atoms. The smallest absolute Gasteiger partial charge is 0.343 e. The summed E-state index contributed by atoms with van der Waals surface area (Å²) in [7, 11) is 1.46. The molecule has 9 heteroatoms. The number of hydrazone groups is 1. The monoisotopic (exact) mass is 530 g/mol. The molecule has 3 aromatic rings. The lowest BCUT2D eigenvalue weighted by atomic mass is 10.2. The standard InChI is InChI=1S/C24H20BrClN2O5/c1-15(32-20-10-6-18(25)7-11-20)23(29)28-27-14-16-3-12-21(22(13-16)31-2)33-24(30)17-4-8-19(26)9-5-17/h3-15H,1-2H3,(H,28,29)/b27-14-/t15-/m1/s1. The normalized spacial score (nSPS) is 11.6. The van der Waals surface area contributed by atoms with E-state index in [0.717, 1.165) is 4.47 Å².